The zero-order valence-electron chi connectivity index (χ0n) is 9.19. The fraction of sp³-hybridized carbons (Fsp3) is 0.167. The van der Waals surface area contributed by atoms with E-state index >= 15 is 0 Å². The topological polar surface area (TPSA) is 44.2 Å². The van der Waals surface area contributed by atoms with Gasteiger partial charge in [-0.25, -0.2) is 9.97 Å². The van der Waals surface area contributed by atoms with Gasteiger partial charge in [0.05, 0.1) is 4.47 Å². The Morgan fingerprint density at radius 2 is 2.06 bits per heavy atom. The summed E-state index contributed by atoms with van der Waals surface area (Å²) in [4.78, 5) is 8.36. The van der Waals surface area contributed by atoms with Crippen molar-refractivity contribution in [2.24, 2.45) is 0 Å². The van der Waals surface area contributed by atoms with E-state index in [2.05, 4.69) is 25.9 Å². The second-order valence-corrected chi connectivity index (χ2v) is 4.93. The summed E-state index contributed by atoms with van der Waals surface area (Å²) < 4.78 is 11.9. The van der Waals surface area contributed by atoms with Gasteiger partial charge in [0.2, 0.25) is 0 Å². The SMILES string of the molecule is Clc1ccnc(-c2cc(Br)c3c(c2)OCCO3)n1. The van der Waals surface area contributed by atoms with E-state index in [1.807, 2.05) is 12.1 Å². The zero-order chi connectivity index (χ0) is 12.5. The highest BCUT2D eigenvalue weighted by molar-refractivity contribution is 9.10. The van der Waals surface area contributed by atoms with Crippen LogP contribution in [0.25, 0.3) is 11.4 Å². The average Bonchev–Trinajstić information content (AvgIpc) is 2.39. The molecule has 0 amide bonds. The molecule has 0 saturated heterocycles. The van der Waals surface area contributed by atoms with Gasteiger partial charge in [-0.15, -0.1) is 0 Å². The molecule has 0 spiro atoms. The molecule has 2 heterocycles. The molecule has 18 heavy (non-hydrogen) atoms. The van der Waals surface area contributed by atoms with Crippen LogP contribution >= 0.6 is 27.5 Å². The minimum atomic E-state index is 0.408. The monoisotopic (exact) mass is 326 g/mol. The van der Waals surface area contributed by atoms with Crippen LogP contribution in [0.15, 0.2) is 28.9 Å². The van der Waals surface area contributed by atoms with Crippen molar-refractivity contribution in [3.05, 3.63) is 34.0 Å². The predicted octanol–water partition coefficient (Wildman–Crippen LogP) is 3.33. The molecule has 3 rings (SSSR count). The van der Waals surface area contributed by atoms with E-state index in [-0.39, 0.29) is 0 Å². The summed E-state index contributed by atoms with van der Waals surface area (Å²) in [6, 6.07) is 5.38. The third-order valence-corrected chi connectivity index (χ3v) is 3.28. The molecule has 0 fully saturated rings. The number of halogens is 2. The van der Waals surface area contributed by atoms with Gasteiger partial charge in [-0.3, -0.25) is 0 Å². The third kappa shape index (κ3) is 2.15. The van der Waals surface area contributed by atoms with Gasteiger partial charge in [0.15, 0.2) is 17.3 Å². The minimum Gasteiger partial charge on any atom is -0.486 e. The second kappa shape index (κ2) is 4.74. The summed E-state index contributed by atoms with van der Waals surface area (Å²) in [6.07, 6.45) is 1.62. The van der Waals surface area contributed by atoms with Crippen LogP contribution in [-0.2, 0) is 0 Å². The molecular formula is C12H8BrClN2O2. The van der Waals surface area contributed by atoms with Gasteiger partial charge >= 0.3 is 0 Å². The van der Waals surface area contributed by atoms with Gasteiger partial charge in [0, 0.05) is 11.8 Å². The number of rotatable bonds is 1. The molecule has 92 valence electrons. The molecule has 4 nitrogen and oxygen atoms in total. The lowest BCUT2D eigenvalue weighted by molar-refractivity contribution is 0.170. The molecule has 1 aliphatic heterocycles. The van der Waals surface area contributed by atoms with Crippen molar-refractivity contribution in [2.75, 3.05) is 13.2 Å². The maximum Gasteiger partial charge on any atom is 0.175 e. The van der Waals surface area contributed by atoms with Crippen LogP contribution in [-0.4, -0.2) is 23.2 Å². The van der Waals surface area contributed by atoms with Gasteiger partial charge in [-0.1, -0.05) is 11.6 Å². The summed E-state index contributed by atoms with van der Waals surface area (Å²) in [5.74, 6) is 1.96. The molecule has 0 N–H and O–H groups in total. The third-order valence-electron chi connectivity index (χ3n) is 2.48. The summed E-state index contributed by atoms with van der Waals surface area (Å²) in [5.41, 5.74) is 0.827. The minimum absolute atomic E-state index is 0.408. The Kier molecular flexibility index (Phi) is 3.09. The van der Waals surface area contributed by atoms with Crippen LogP contribution < -0.4 is 9.47 Å². The van der Waals surface area contributed by atoms with E-state index in [0.29, 0.717) is 35.7 Å². The molecule has 2 aromatic rings. The average molecular weight is 328 g/mol. The lowest BCUT2D eigenvalue weighted by Gasteiger charge is -2.20. The highest BCUT2D eigenvalue weighted by atomic mass is 79.9. The fourth-order valence-corrected chi connectivity index (χ4v) is 2.41. The first kappa shape index (κ1) is 11.7. The number of aromatic nitrogens is 2. The van der Waals surface area contributed by atoms with Crippen LogP contribution in [0, 0.1) is 0 Å². The number of fused-ring (bicyclic) bond motifs is 1. The number of hydrogen-bond donors (Lipinski definition) is 0. The second-order valence-electron chi connectivity index (χ2n) is 3.69. The highest BCUT2D eigenvalue weighted by Gasteiger charge is 2.17. The molecular weight excluding hydrogens is 320 g/mol. The molecule has 0 saturated carbocycles. The Bertz CT molecular complexity index is 607. The summed E-state index contributed by atoms with van der Waals surface area (Å²) in [5, 5.41) is 0.408. The normalized spacial score (nSPS) is 13.4. The molecule has 0 aliphatic carbocycles. The number of benzene rings is 1. The van der Waals surface area contributed by atoms with E-state index in [4.69, 9.17) is 21.1 Å². The van der Waals surface area contributed by atoms with Gasteiger partial charge < -0.3 is 9.47 Å². The van der Waals surface area contributed by atoms with Crippen LogP contribution in [0.5, 0.6) is 11.5 Å². The standard InChI is InChI=1S/C12H8BrClN2O2/c13-8-5-7(12-15-2-1-10(14)16-12)6-9-11(8)18-4-3-17-9/h1-2,5-6H,3-4H2. The molecule has 0 atom stereocenters. The quantitative estimate of drug-likeness (QED) is 0.754. The lowest BCUT2D eigenvalue weighted by Crippen LogP contribution is -2.15. The van der Waals surface area contributed by atoms with E-state index in [9.17, 15) is 0 Å². The maximum absolute atomic E-state index is 5.86. The summed E-state index contributed by atoms with van der Waals surface area (Å²) in [7, 11) is 0. The van der Waals surface area contributed by atoms with E-state index < -0.39 is 0 Å². The fourth-order valence-electron chi connectivity index (χ4n) is 1.72. The molecule has 1 aromatic heterocycles. The van der Waals surface area contributed by atoms with Crippen molar-refractivity contribution >= 4 is 27.5 Å². The summed E-state index contributed by atoms with van der Waals surface area (Å²) >= 11 is 9.31. The largest absolute Gasteiger partial charge is 0.486 e. The molecule has 0 bridgehead atoms. The van der Waals surface area contributed by atoms with Gasteiger partial charge in [-0.2, -0.15) is 0 Å². The van der Waals surface area contributed by atoms with Crippen molar-refractivity contribution in [3.63, 3.8) is 0 Å². The molecule has 0 radical (unpaired) electrons. The van der Waals surface area contributed by atoms with Crippen molar-refractivity contribution in [1.82, 2.24) is 9.97 Å². The molecule has 6 heteroatoms. The van der Waals surface area contributed by atoms with Crippen LogP contribution in [0.4, 0.5) is 0 Å². The Morgan fingerprint density at radius 3 is 2.89 bits per heavy atom. The van der Waals surface area contributed by atoms with Gasteiger partial charge in [-0.05, 0) is 34.1 Å². The number of ether oxygens (including phenoxy) is 2. The Labute approximate surface area is 117 Å². The Balaban J connectivity index is 2.11. The lowest BCUT2D eigenvalue weighted by atomic mass is 10.2. The highest BCUT2D eigenvalue weighted by Crippen LogP contribution is 2.40. The van der Waals surface area contributed by atoms with Crippen molar-refractivity contribution < 1.29 is 9.47 Å². The van der Waals surface area contributed by atoms with E-state index in [0.717, 1.165) is 10.0 Å². The van der Waals surface area contributed by atoms with Crippen LogP contribution in [0.3, 0.4) is 0 Å². The maximum atomic E-state index is 5.86. The molecule has 0 unspecified atom stereocenters. The van der Waals surface area contributed by atoms with Gasteiger partial charge in [0.25, 0.3) is 0 Å². The zero-order valence-corrected chi connectivity index (χ0v) is 11.5. The van der Waals surface area contributed by atoms with Gasteiger partial charge in [0.1, 0.15) is 18.4 Å². The number of hydrogen-bond acceptors (Lipinski definition) is 4. The van der Waals surface area contributed by atoms with Crippen LogP contribution in [0.1, 0.15) is 0 Å². The molecule has 1 aliphatic rings. The first-order chi connectivity index (χ1) is 8.74. The van der Waals surface area contributed by atoms with E-state index in [1.54, 1.807) is 12.3 Å². The van der Waals surface area contributed by atoms with Crippen molar-refractivity contribution in [3.8, 4) is 22.9 Å². The summed E-state index contributed by atoms with van der Waals surface area (Å²) in [6.45, 7) is 1.10. The van der Waals surface area contributed by atoms with E-state index in [1.165, 1.54) is 0 Å². The Morgan fingerprint density at radius 1 is 1.22 bits per heavy atom. The van der Waals surface area contributed by atoms with Crippen molar-refractivity contribution in [1.29, 1.82) is 0 Å². The van der Waals surface area contributed by atoms with Crippen molar-refractivity contribution in [2.45, 2.75) is 0 Å². The predicted molar refractivity (Wildman–Crippen MR) is 71.2 cm³/mol. The smallest absolute Gasteiger partial charge is 0.175 e. The molecule has 1 aromatic carbocycles. The van der Waals surface area contributed by atoms with Crippen LogP contribution in [0.2, 0.25) is 5.15 Å². The first-order valence-corrected chi connectivity index (χ1v) is 6.49. The number of nitrogens with zero attached hydrogens (tertiary/aromatic N) is 2. The first-order valence-electron chi connectivity index (χ1n) is 5.32. The Hall–Kier alpha value is -1.33.